The van der Waals surface area contributed by atoms with Crippen LogP contribution in [0.3, 0.4) is 0 Å². The van der Waals surface area contributed by atoms with Gasteiger partial charge < -0.3 is 15.0 Å². The summed E-state index contributed by atoms with van der Waals surface area (Å²) >= 11 is 7.34. The fourth-order valence-electron chi connectivity index (χ4n) is 2.60. The molecule has 0 unspecified atom stereocenters. The Labute approximate surface area is 185 Å². The van der Waals surface area contributed by atoms with Crippen molar-refractivity contribution in [3.05, 3.63) is 58.6 Å². The summed E-state index contributed by atoms with van der Waals surface area (Å²) in [5, 5.41) is 3.48. The summed E-state index contributed by atoms with van der Waals surface area (Å²) in [6, 6.07) is 13.0. The highest BCUT2D eigenvalue weighted by Crippen LogP contribution is 2.21. The Hall–Kier alpha value is -2.51. The monoisotopic (exact) mass is 448 g/mol. The maximum atomic E-state index is 12.2. The fraction of sp³-hybridized carbons (Fsp3) is 0.318. The number of anilines is 1. The van der Waals surface area contributed by atoms with E-state index in [0.717, 1.165) is 21.7 Å². The molecule has 2 aromatic rings. The summed E-state index contributed by atoms with van der Waals surface area (Å²) in [4.78, 5) is 38.5. The number of thioether (sulfide) groups is 1. The zero-order valence-electron chi connectivity index (χ0n) is 17.2. The molecule has 0 saturated heterocycles. The number of likely N-dealkylation sites (N-methyl/N-ethyl adjacent to an activating group) is 1. The summed E-state index contributed by atoms with van der Waals surface area (Å²) in [5.41, 5.74) is 2.64. The molecule has 0 atom stereocenters. The lowest BCUT2D eigenvalue weighted by Crippen LogP contribution is -2.37. The summed E-state index contributed by atoms with van der Waals surface area (Å²) in [7, 11) is 1.50. The van der Waals surface area contributed by atoms with E-state index in [1.807, 2.05) is 44.2 Å². The molecule has 2 amide bonds. The summed E-state index contributed by atoms with van der Waals surface area (Å²) in [6.07, 6.45) is 0.178. The number of amides is 2. The van der Waals surface area contributed by atoms with Crippen molar-refractivity contribution in [2.24, 2.45) is 0 Å². The normalized spacial score (nSPS) is 10.4. The Bertz CT molecular complexity index is 882. The van der Waals surface area contributed by atoms with Crippen molar-refractivity contribution in [3.63, 3.8) is 0 Å². The second-order valence-electron chi connectivity index (χ2n) is 6.78. The van der Waals surface area contributed by atoms with Gasteiger partial charge in [0.1, 0.15) is 0 Å². The highest BCUT2D eigenvalue weighted by atomic mass is 35.5. The molecule has 0 heterocycles. The summed E-state index contributed by atoms with van der Waals surface area (Å²) in [5.74, 6) is -0.680. The SMILES string of the molecule is Cc1cccc(C)c1NC(=O)CN(C)C(=O)COC(=O)CCSc1ccc(Cl)cc1. The first-order valence-corrected chi connectivity index (χ1v) is 10.8. The van der Waals surface area contributed by atoms with Crippen LogP contribution in [0.15, 0.2) is 47.4 Å². The molecule has 0 aromatic heterocycles. The van der Waals surface area contributed by atoms with E-state index in [9.17, 15) is 14.4 Å². The Morgan fingerprint density at radius 2 is 1.70 bits per heavy atom. The molecule has 1 N–H and O–H groups in total. The molecule has 0 aliphatic rings. The third-order valence-electron chi connectivity index (χ3n) is 4.30. The maximum Gasteiger partial charge on any atom is 0.307 e. The van der Waals surface area contributed by atoms with Crippen molar-refractivity contribution in [2.45, 2.75) is 25.2 Å². The van der Waals surface area contributed by atoms with Crippen LogP contribution in [-0.2, 0) is 19.1 Å². The van der Waals surface area contributed by atoms with Crippen LogP contribution in [0.25, 0.3) is 0 Å². The van der Waals surface area contributed by atoms with Gasteiger partial charge in [0.05, 0.1) is 13.0 Å². The molecule has 0 aliphatic carbocycles. The molecule has 0 spiro atoms. The molecular weight excluding hydrogens is 424 g/mol. The lowest BCUT2D eigenvalue weighted by molar-refractivity contribution is -0.151. The lowest BCUT2D eigenvalue weighted by atomic mass is 10.1. The van der Waals surface area contributed by atoms with Crippen LogP contribution >= 0.6 is 23.4 Å². The molecule has 6 nitrogen and oxygen atoms in total. The van der Waals surface area contributed by atoms with Crippen LogP contribution in [0, 0.1) is 13.8 Å². The van der Waals surface area contributed by atoms with Crippen LogP contribution in [0.4, 0.5) is 5.69 Å². The first-order valence-electron chi connectivity index (χ1n) is 9.40. The zero-order chi connectivity index (χ0) is 22.1. The van der Waals surface area contributed by atoms with Crippen LogP contribution in [-0.4, -0.2) is 48.6 Å². The van der Waals surface area contributed by atoms with Gasteiger partial charge in [0.15, 0.2) is 6.61 Å². The Morgan fingerprint density at radius 1 is 1.07 bits per heavy atom. The number of benzene rings is 2. The highest BCUT2D eigenvalue weighted by molar-refractivity contribution is 7.99. The van der Waals surface area contributed by atoms with Crippen molar-refractivity contribution >= 4 is 46.8 Å². The van der Waals surface area contributed by atoms with Crippen LogP contribution in [0.5, 0.6) is 0 Å². The third kappa shape index (κ3) is 7.72. The number of halogens is 1. The number of carbonyl (C=O) groups excluding carboxylic acids is 3. The van der Waals surface area contributed by atoms with Crippen LogP contribution < -0.4 is 5.32 Å². The minimum atomic E-state index is -0.460. The van der Waals surface area contributed by atoms with E-state index in [2.05, 4.69) is 5.32 Å². The number of esters is 1. The van der Waals surface area contributed by atoms with Gasteiger partial charge in [-0.1, -0.05) is 29.8 Å². The average Bonchev–Trinajstić information content (AvgIpc) is 2.70. The molecule has 30 heavy (non-hydrogen) atoms. The molecule has 2 aromatic carbocycles. The predicted octanol–water partition coefficient (Wildman–Crippen LogP) is 4.08. The van der Waals surface area contributed by atoms with Gasteiger partial charge in [0.2, 0.25) is 5.91 Å². The van der Waals surface area contributed by atoms with Gasteiger partial charge in [0.25, 0.3) is 5.91 Å². The van der Waals surface area contributed by atoms with Crippen molar-refractivity contribution in [3.8, 4) is 0 Å². The van der Waals surface area contributed by atoms with Gasteiger partial charge >= 0.3 is 5.97 Å². The maximum absolute atomic E-state index is 12.2. The molecule has 0 fully saturated rings. The number of rotatable bonds is 9. The molecule has 2 rings (SSSR count). The van der Waals surface area contributed by atoms with Gasteiger partial charge in [-0.3, -0.25) is 14.4 Å². The van der Waals surface area contributed by atoms with E-state index in [0.29, 0.717) is 10.8 Å². The molecular formula is C22H25ClN2O4S. The Kier molecular flexibility index (Phi) is 9.20. The summed E-state index contributed by atoms with van der Waals surface area (Å²) in [6.45, 7) is 3.29. The summed E-state index contributed by atoms with van der Waals surface area (Å²) < 4.78 is 5.02. The van der Waals surface area contributed by atoms with Crippen LogP contribution in [0.1, 0.15) is 17.5 Å². The molecule has 0 saturated carbocycles. The quantitative estimate of drug-likeness (QED) is 0.462. The molecule has 8 heteroatoms. The minimum Gasteiger partial charge on any atom is -0.456 e. The number of hydrogen-bond donors (Lipinski definition) is 1. The number of hydrogen-bond acceptors (Lipinski definition) is 5. The van der Waals surface area contributed by atoms with Gasteiger partial charge in [-0.15, -0.1) is 11.8 Å². The lowest BCUT2D eigenvalue weighted by Gasteiger charge is -2.18. The number of ether oxygens (including phenoxy) is 1. The number of aryl methyl sites for hydroxylation is 2. The number of nitrogens with zero attached hydrogens (tertiary/aromatic N) is 1. The van der Waals surface area contributed by atoms with E-state index >= 15 is 0 Å². The Morgan fingerprint density at radius 3 is 2.33 bits per heavy atom. The standard InChI is InChI=1S/C22H25ClN2O4S/c1-15-5-4-6-16(2)22(15)24-19(26)13-25(3)20(27)14-29-21(28)11-12-30-18-9-7-17(23)8-10-18/h4-10H,11-14H2,1-3H3,(H,24,26). The van der Waals surface area contributed by atoms with Gasteiger partial charge in [-0.25, -0.2) is 0 Å². The average molecular weight is 449 g/mol. The van der Waals surface area contributed by atoms with Crippen molar-refractivity contribution < 1.29 is 19.1 Å². The molecule has 160 valence electrons. The first-order chi connectivity index (χ1) is 14.3. The topological polar surface area (TPSA) is 75.7 Å². The largest absolute Gasteiger partial charge is 0.456 e. The zero-order valence-corrected chi connectivity index (χ0v) is 18.8. The molecule has 0 bridgehead atoms. The second kappa shape index (κ2) is 11.6. The minimum absolute atomic E-state index is 0.128. The predicted molar refractivity (Wildman–Crippen MR) is 120 cm³/mol. The van der Waals surface area contributed by atoms with E-state index in [1.54, 1.807) is 12.1 Å². The number of para-hydroxylation sites is 1. The van der Waals surface area contributed by atoms with Gasteiger partial charge in [-0.05, 0) is 49.2 Å². The van der Waals surface area contributed by atoms with E-state index in [-0.39, 0.29) is 18.9 Å². The number of carbonyl (C=O) groups is 3. The molecule has 0 radical (unpaired) electrons. The smallest absolute Gasteiger partial charge is 0.307 e. The fourth-order valence-corrected chi connectivity index (χ4v) is 3.56. The van der Waals surface area contributed by atoms with Crippen molar-refractivity contribution in [1.29, 1.82) is 0 Å². The third-order valence-corrected chi connectivity index (χ3v) is 5.56. The van der Waals surface area contributed by atoms with Gasteiger partial charge in [0, 0.05) is 28.4 Å². The van der Waals surface area contributed by atoms with E-state index in [4.69, 9.17) is 16.3 Å². The van der Waals surface area contributed by atoms with E-state index < -0.39 is 18.5 Å². The number of nitrogens with one attached hydrogen (secondary N) is 1. The van der Waals surface area contributed by atoms with E-state index in [1.165, 1.54) is 23.7 Å². The van der Waals surface area contributed by atoms with Gasteiger partial charge in [-0.2, -0.15) is 0 Å². The van der Waals surface area contributed by atoms with Crippen molar-refractivity contribution in [1.82, 2.24) is 4.90 Å². The second-order valence-corrected chi connectivity index (χ2v) is 8.38. The van der Waals surface area contributed by atoms with Crippen LogP contribution in [0.2, 0.25) is 5.02 Å². The highest BCUT2D eigenvalue weighted by Gasteiger charge is 2.16. The van der Waals surface area contributed by atoms with Crippen molar-refractivity contribution in [2.75, 3.05) is 31.3 Å². The molecule has 0 aliphatic heterocycles. The Balaban J connectivity index is 1.69. The first kappa shape index (κ1) is 23.8.